The van der Waals surface area contributed by atoms with E-state index in [9.17, 15) is 0 Å². The summed E-state index contributed by atoms with van der Waals surface area (Å²) in [6.07, 6.45) is 4.11. The van der Waals surface area contributed by atoms with E-state index >= 15 is 0 Å². The highest BCUT2D eigenvalue weighted by molar-refractivity contribution is 4.81. The maximum Gasteiger partial charge on any atom is 0.00703 e. The lowest BCUT2D eigenvalue weighted by molar-refractivity contribution is 0.215. The first-order chi connectivity index (χ1) is 4.75. The quantitative estimate of drug-likeness (QED) is 0.570. The van der Waals surface area contributed by atoms with Crippen molar-refractivity contribution in [2.75, 3.05) is 6.54 Å². The SMILES string of the molecule is CCCN1C(C)CC[C@H]1C. The molecule has 0 radical (unpaired) electrons. The molecule has 0 saturated carbocycles. The molecule has 1 unspecified atom stereocenters. The fraction of sp³-hybridized carbons (Fsp3) is 1.00. The van der Waals surface area contributed by atoms with Gasteiger partial charge in [-0.05, 0) is 39.7 Å². The van der Waals surface area contributed by atoms with Crippen molar-refractivity contribution in [2.24, 2.45) is 0 Å². The highest BCUT2D eigenvalue weighted by Gasteiger charge is 2.25. The lowest BCUT2D eigenvalue weighted by Gasteiger charge is -2.24. The zero-order valence-corrected chi connectivity index (χ0v) is 7.43. The van der Waals surface area contributed by atoms with Crippen molar-refractivity contribution in [3.8, 4) is 0 Å². The molecule has 0 spiro atoms. The standard InChI is InChI=1S/C9H19N/c1-4-7-10-8(2)5-6-9(10)3/h8-9H,4-7H2,1-3H3/t8-,9?/m1/s1. The molecule has 0 aliphatic carbocycles. The maximum atomic E-state index is 2.62. The molecular formula is C9H19N. The summed E-state index contributed by atoms with van der Waals surface area (Å²) in [7, 11) is 0. The molecule has 1 heterocycles. The molecule has 1 fully saturated rings. The molecule has 0 amide bonds. The summed E-state index contributed by atoms with van der Waals surface area (Å²) >= 11 is 0. The van der Waals surface area contributed by atoms with Gasteiger partial charge in [-0.25, -0.2) is 0 Å². The van der Waals surface area contributed by atoms with Crippen LogP contribution in [0.25, 0.3) is 0 Å². The molecule has 60 valence electrons. The van der Waals surface area contributed by atoms with E-state index in [0.29, 0.717) is 0 Å². The van der Waals surface area contributed by atoms with Crippen molar-refractivity contribution in [3.05, 3.63) is 0 Å². The molecular weight excluding hydrogens is 122 g/mol. The van der Waals surface area contributed by atoms with Crippen LogP contribution >= 0.6 is 0 Å². The highest BCUT2D eigenvalue weighted by Crippen LogP contribution is 2.22. The summed E-state index contributed by atoms with van der Waals surface area (Å²) in [5, 5.41) is 0. The van der Waals surface area contributed by atoms with Gasteiger partial charge in [0.05, 0.1) is 0 Å². The molecule has 10 heavy (non-hydrogen) atoms. The van der Waals surface area contributed by atoms with Crippen LogP contribution < -0.4 is 0 Å². The van der Waals surface area contributed by atoms with Crippen molar-refractivity contribution in [2.45, 2.75) is 52.1 Å². The monoisotopic (exact) mass is 141 g/mol. The molecule has 1 nitrogen and oxygen atoms in total. The molecule has 1 heteroatoms. The molecule has 1 saturated heterocycles. The molecule has 1 aliphatic rings. The highest BCUT2D eigenvalue weighted by atomic mass is 15.2. The van der Waals surface area contributed by atoms with Gasteiger partial charge in [-0.1, -0.05) is 6.92 Å². The van der Waals surface area contributed by atoms with Crippen molar-refractivity contribution in [1.29, 1.82) is 0 Å². The minimum atomic E-state index is 0.843. The van der Waals surface area contributed by atoms with Gasteiger partial charge in [-0.3, -0.25) is 4.90 Å². The molecule has 0 aromatic rings. The molecule has 1 rings (SSSR count). The molecule has 0 aromatic carbocycles. The first-order valence-corrected chi connectivity index (χ1v) is 4.51. The Morgan fingerprint density at radius 1 is 1.20 bits per heavy atom. The lowest BCUT2D eigenvalue weighted by atomic mass is 10.2. The zero-order chi connectivity index (χ0) is 7.56. The fourth-order valence-corrected chi connectivity index (χ4v) is 1.95. The van der Waals surface area contributed by atoms with Gasteiger partial charge in [0.2, 0.25) is 0 Å². The van der Waals surface area contributed by atoms with Gasteiger partial charge in [0.15, 0.2) is 0 Å². The second-order valence-corrected chi connectivity index (χ2v) is 3.51. The minimum absolute atomic E-state index is 0.843. The van der Waals surface area contributed by atoms with E-state index in [1.165, 1.54) is 25.8 Å². The van der Waals surface area contributed by atoms with Gasteiger partial charge in [0.25, 0.3) is 0 Å². The van der Waals surface area contributed by atoms with E-state index in [0.717, 1.165) is 12.1 Å². The number of hydrogen-bond donors (Lipinski definition) is 0. The second-order valence-electron chi connectivity index (χ2n) is 3.51. The van der Waals surface area contributed by atoms with Gasteiger partial charge >= 0.3 is 0 Å². The predicted molar refractivity (Wildman–Crippen MR) is 45.2 cm³/mol. The van der Waals surface area contributed by atoms with E-state index < -0.39 is 0 Å². The van der Waals surface area contributed by atoms with Gasteiger partial charge in [-0.15, -0.1) is 0 Å². The Bertz CT molecular complexity index is 90.9. The van der Waals surface area contributed by atoms with E-state index in [-0.39, 0.29) is 0 Å². The molecule has 1 aliphatic heterocycles. The summed E-state index contributed by atoms with van der Waals surface area (Å²) in [4.78, 5) is 2.62. The van der Waals surface area contributed by atoms with Crippen LogP contribution in [0, 0.1) is 0 Å². The number of rotatable bonds is 2. The predicted octanol–water partition coefficient (Wildman–Crippen LogP) is 2.27. The average Bonchev–Trinajstić information content (AvgIpc) is 2.20. The summed E-state index contributed by atoms with van der Waals surface area (Å²) in [6, 6.07) is 1.69. The Hall–Kier alpha value is -0.0400. The minimum Gasteiger partial charge on any atom is -0.298 e. The van der Waals surface area contributed by atoms with Crippen LogP contribution in [0.3, 0.4) is 0 Å². The summed E-state index contributed by atoms with van der Waals surface area (Å²) in [6.45, 7) is 8.25. The van der Waals surface area contributed by atoms with Crippen molar-refractivity contribution in [1.82, 2.24) is 4.90 Å². The van der Waals surface area contributed by atoms with Gasteiger partial charge in [-0.2, -0.15) is 0 Å². The largest absolute Gasteiger partial charge is 0.298 e. The first-order valence-electron chi connectivity index (χ1n) is 4.51. The summed E-state index contributed by atoms with van der Waals surface area (Å²) in [5.41, 5.74) is 0. The third-order valence-corrected chi connectivity index (χ3v) is 2.62. The Kier molecular flexibility index (Phi) is 2.72. The Balaban J connectivity index is 2.38. The van der Waals surface area contributed by atoms with Gasteiger partial charge in [0, 0.05) is 12.1 Å². The van der Waals surface area contributed by atoms with Crippen LogP contribution in [0.4, 0.5) is 0 Å². The maximum absolute atomic E-state index is 2.62. The van der Waals surface area contributed by atoms with E-state index in [1.54, 1.807) is 0 Å². The zero-order valence-electron chi connectivity index (χ0n) is 7.43. The van der Waals surface area contributed by atoms with E-state index in [2.05, 4.69) is 25.7 Å². The fourth-order valence-electron chi connectivity index (χ4n) is 1.95. The van der Waals surface area contributed by atoms with Crippen LogP contribution in [0.15, 0.2) is 0 Å². The van der Waals surface area contributed by atoms with Crippen LogP contribution in [-0.4, -0.2) is 23.5 Å². The van der Waals surface area contributed by atoms with Crippen LogP contribution in [-0.2, 0) is 0 Å². The van der Waals surface area contributed by atoms with Crippen LogP contribution in [0.5, 0.6) is 0 Å². The Morgan fingerprint density at radius 2 is 1.70 bits per heavy atom. The summed E-state index contributed by atoms with van der Waals surface area (Å²) in [5.74, 6) is 0. The smallest absolute Gasteiger partial charge is 0.00703 e. The van der Waals surface area contributed by atoms with Crippen molar-refractivity contribution in [3.63, 3.8) is 0 Å². The normalized spacial score (nSPS) is 35.1. The Labute approximate surface area is 64.4 Å². The van der Waals surface area contributed by atoms with E-state index in [4.69, 9.17) is 0 Å². The molecule has 0 aromatic heterocycles. The summed E-state index contributed by atoms with van der Waals surface area (Å²) < 4.78 is 0. The van der Waals surface area contributed by atoms with Crippen LogP contribution in [0.2, 0.25) is 0 Å². The number of hydrogen-bond acceptors (Lipinski definition) is 1. The molecule has 0 bridgehead atoms. The van der Waals surface area contributed by atoms with E-state index in [1.807, 2.05) is 0 Å². The lowest BCUT2D eigenvalue weighted by Crippen LogP contribution is -2.33. The van der Waals surface area contributed by atoms with Crippen molar-refractivity contribution >= 4 is 0 Å². The topological polar surface area (TPSA) is 3.24 Å². The van der Waals surface area contributed by atoms with Gasteiger partial charge in [0.1, 0.15) is 0 Å². The second kappa shape index (κ2) is 3.38. The van der Waals surface area contributed by atoms with Gasteiger partial charge < -0.3 is 0 Å². The number of nitrogens with zero attached hydrogens (tertiary/aromatic N) is 1. The Morgan fingerprint density at radius 3 is 2.10 bits per heavy atom. The molecule has 0 N–H and O–H groups in total. The van der Waals surface area contributed by atoms with Crippen LogP contribution in [0.1, 0.15) is 40.0 Å². The number of likely N-dealkylation sites (tertiary alicyclic amines) is 1. The third kappa shape index (κ3) is 1.51. The van der Waals surface area contributed by atoms with Crippen molar-refractivity contribution < 1.29 is 0 Å². The first kappa shape index (κ1) is 8.06. The third-order valence-electron chi connectivity index (χ3n) is 2.62. The molecule has 2 atom stereocenters. The average molecular weight is 141 g/mol.